The molecule has 1 rings (SSSR count). The van der Waals surface area contributed by atoms with Gasteiger partial charge in [0.25, 0.3) is 0 Å². The number of hydrogen-bond acceptors (Lipinski definition) is 1. The minimum Gasteiger partial charge on any atom is -0.481 e. The maximum absolute atomic E-state index is 10.4. The van der Waals surface area contributed by atoms with E-state index >= 15 is 0 Å². The molecule has 1 aliphatic carbocycles. The van der Waals surface area contributed by atoms with E-state index in [4.69, 9.17) is 5.11 Å². The van der Waals surface area contributed by atoms with Crippen LogP contribution >= 0.6 is 0 Å². The first kappa shape index (κ1) is 20.7. The molecule has 0 aliphatic heterocycles. The molecule has 1 saturated carbocycles. The van der Waals surface area contributed by atoms with Crippen molar-refractivity contribution in [1.29, 1.82) is 0 Å². The molecule has 0 aromatic rings. The minimum absolute atomic E-state index is 0.228. The molecule has 1 fully saturated rings. The van der Waals surface area contributed by atoms with Gasteiger partial charge in [0.1, 0.15) is 0 Å². The Morgan fingerprint density at radius 3 is 2.46 bits per heavy atom. The standard InChI is InChI=1S/C22H36O2/c1-3-4-5-8-11-15-20(2)22(18-14-19-22)17-13-10-7-6-9-12-16-21(23)24/h6,9-11,13,15,20H,3-5,7-8,12,14,16-19H2,1-2H3,(H,23,24)/b9-6-,13-10-,15-11-/t20-/m0/s1. The van der Waals surface area contributed by atoms with Crippen LogP contribution in [0.25, 0.3) is 0 Å². The second-order valence-corrected chi connectivity index (χ2v) is 7.24. The zero-order valence-electron chi connectivity index (χ0n) is 15.7. The molecule has 2 heteroatoms. The van der Waals surface area contributed by atoms with Gasteiger partial charge >= 0.3 is 5.97 Å². The van der Waals surface area contributed by atoms with E-state index < -0.39 is 5.97 Å². The van der Waals surface area contributed by atoms with Gasteiger partial charge in [-0.25, -0.2) is 0 Å². The largest absolute Gasteiger partial charge is 0.481 e. The molecule has 0 amide bonds. The number of unbranched alkanes of at least 4 members (excludes halogenated alkanes) is 3. The number of carboxylic acid groups (broad SMARTS) is 1. The van der Waals surface area contributed by atoms with Gasteiger partial charge in [-0.15, -0.1) is 0 Å². The van der Waals surface area contributed by atoms with Crippen molar-refractivity contribution in [2.75, 3.05) is 0 Å². The molecule has 1 N–H and O–H groups in total. The van der Waals surface area contributed by atoms with E-state index in [0.29, 0.717) is 17.8 Å². The number of allylic oxidation sites excluding steroid dienone is 6. The highest BCUT2D eigenvalue weighted by Gasteiger charge is 2.39. The highest BCUT2D eigenvalue weighted by Crippen LogP contribution is 2.50. The van der Waals surface area contributed by atoms with Gasteiger partial charge in [0, 0.05) is 6.42 Å². The molecule has 24 heavy (non-hydrogen) atoms. The number of carbonyl (C=O) groups is 1. The Labute approximate surface area is 148 Å². The van der Waals surface area contributed by atoms with Crippen molar-refractivity contribution in [2.24, 2.45) is 11.3 Å². The average molecular weight is 333 g/mol. The van der Waals surface area contributed by atoms with Gasteiger partial charge in [-0.1, -0.05) is 69.6 Å². The van der Waals surface area contributed by atoms with Crippen molar-refractivity contribution in [3.63, 3.8) is 0 Å². The SMILES string of the molecule is CCCCC/C=C\[C@H](C)C1(C/C=C\C/C=C\CCC(=O)O)CCC1. The van der Waals surface area contributed by atoms with Crippen LogP contribution in [-0.4, -0.2) is 11.1 Å². The fourth-order valence-corrected chi connectivity index (χ4v) is 3.41. The first-order valence-electron chi connectivity index (χ1n) is 9.79. The molecule has 0 spiro atoms. The maximum Gasteiger partial charge on any atom is 0.303 e. The lowest BCUT2D eigenvalue weighted by Gasteiger charge is -2.45. The van der Waals surface area contributed by atoms with Gasteiger partial charge in [-0.05, 0) is 56.3 Å². The van der Waals surface area contributed by atoms with Gasteiger partial charge in [0.05, 0.1) is 0 Å². The van der Waals surface area contributed by atoms with E-state index in [1.807, 2.05) is 6.08 Å². The van der Waals surface area contributed by atoms with Crippen LogP contribution in [-0.2, 0) is 4.79 Å². The van der Waals surface area contributed by atoms with Crippen LogP contribution < -0.4 is 0 Å². The van der Waals surface area contributed by atoms with Crippen LogP contribution in [0, 0.1) is 11.3 Å². The smallest absolute Gasteiger partial charge is 0.303 e. The summed E-state index contributed by atoms with van der Waals surface area (Å²) in [6.07, 6.45) is 25.7. The Balaban J connectivity index is 2.29. The fourth-order valence-electron chi connectivity index (χ4n) is 3.41. The predicted molar refractivity (Wildman–Crippen MR) is 103 cm³/mol. The van der Waals surface area contributed by atoms with Crippen molar-refractivity contribution in [3.8, 4) is 0 Å². The summed E-state index contributed by atoms with van der Waals surface area (Å²) >= 11 is 0. The molecule has 0 bridgehead atoms. The van der Waals surface area contributed by atoms with Gasteiger partial charge < -0.3 is 5.11 Å². The molecule has 0 radical (unpaired) electrons. The Morgan fingerprint density at radius 1 is 1.08 bits per heavy atom. The van der Waals surface area contributed by atoms with E-state index in [1.165, 1.54) is 51.4 Å². The van der Waals surface area contributed by atoms with Crippen LogP contribution in [0.3, 0.4) is 0 Å². The van der Waals surface area contributed by atoms with Crippen LogP contribution in [0.4, 0.5) is 0 Å². The Morgan fingerprint density at radius 2 is 1.83 bits per heavy atom. The van der Waals surface area contributed by atoms with Crippen molar-refractivity contribution >= 4 is 5.97 Å². The fraction of sp³-hybridized carbons (Fsp3) is 0.682. The number of carboxylic acids is 1. The second kappa shape index (κ2) is 12.1. The second-order valence-electron chi connectivity index (χ2n) is 7.24. The van der Waals surface area contributed by atoms with Crippen LogP contribution in [0.1, 0.15) is 84.5 Å². The summed E-state index contributed by atoms with van der Waals surface area (Å²) < 4.78 is 0. The lowest BCUT2D eigenvalue weighted by Crippen LogP contribution is -2.34. The van der Waals surface area contributed by atoms with E-state index in [-0.39, 0.29) is 6.42 Å². The topological polar surface area (TPSA) is 37.3 Å². The molecular weight excluding hydrogens is 296 g/mol. The number of aliphatic carboxylic acids is 1. The quantitative estimate of drug-likeness (QED) is 0.301. The third-order valence-electron chi connectivity index (χ3n) is 5.37. The third kappa shape index (κ3) is 7.99. The summed E-state index contributed by atoms with van der Waals surface area (Å²) in [4.78, 5) is 10.4. The van der Waals surface area contributed by atoms with Crippen molar-refractivity contribution in [1.82, 2.24) is 0 Å². The Bertz CT molecular complexity index is 427. The summed E-state index contributed by atoms with van der Waals surface area (Å²) in [5, 5.41) is 8.58. The summed E-state index contributed by atoms with van der Waals surface area (Å²) in [6, 6.07) is 0. The molecule has 136 valence electrons. The predicted octanol–water partition coefficient (Wildman–Crippen LogP) is 6.69. The number of hydrogen-bond donors (Lipinski definition) is 1. The molecule has 0 aromatic heterocycles. The van der Waals surface area contributed by atoms with Gasteiger partial charge in [-0.3, -0.25) is 4.79 Å². The van der Waals surface area contributed by atoms with E-state index in [2.05, 4.69) is 44.2 Å². The highest BCUT2D eigenvalue weighted by molar-refractivity contribution is 5.66. The lowest BCUT2D eigenvalue weighted by atomic mass is 9.59. The maximum atomic E-state index is 10.4. The summed E-state index contributed by atoms with van der Waals surface area (Å²) in [5.74, 6) is -0.0533. The van der Waals surface area contributed by atoms with Gasteiger partial charge in [-0.2, -0.15) is 0 Å². The van der Waals surface area contributed by atoms with Crippen molar-refractivity contribution < 1.29 is 9.90 Å². The molecule has 0 aromatic carbocycles. The first-order valence-corrected chi connectivity index (χ1v) is 9.79. The Hall–Kier alpha value is -1.31. The molecule has 1 atom stereocenters. The van der Waals surface area contributed by atoms with Crippen LogP contribution in [0.5, 0.6) is 0 Å². The Kier molecular flexibility index (Phi) is 10.5. The highest BCUT2D eigenvalue weighted by atomic mass is 16.4. The van der Waals surface area contributed by atoms with Gasteiger partial charge in [0.2, 0.25) is 0 Å². The molecule has 1 aliphatic rings. The monoisotopic (exact) mass is 332 g/mol. The molecule has 2 nitrogen and oxygen atoms in total. The summed E-state index contributed by atoms with van der Waals surface area (Å²) in [7, 11) is 0. The van der Waals surface area contributed by atoms with E-state index in [9.17, 15) is 4.79 Å². The van der Waals surface area contributed by atoms with Gasteiger partial charge in [0.15, 0.2) is 0 Å². The zero-order chi connectivity index (χ0) is 17.7. The van der Waals surface area contributed by atoms with Crippen LogP contribution in [0.2, 0.25) is 0 Å². The molecule has 0 saturated heterocycles. The van der Waals surface area contributed by atoms with Crippen LogP contribution in [0.15, 0.2) is 36.5 Å². The number of rotatable bonds is 13. The first-order chi connectivity index (χ1) is 11.6. The zero-order valence-corrected chi connectivity index (χ0v) is 15.7. The van der Waals surface area contributed by atoms with E-state index in [1.54, 1.807) is 0 Å². The van der Waals surface area contributed by atoms with E-state index in [0.717, 1.165) is 6.42 Å². The molecule has 0 unspecified atom stereocenters. The summed E-state index contributed by atoms with van der Waals surface area (Å²) in [5.41, 5.74) is 0.491. The minimum atomic E-state index is -0.723. The molecular formula is C22H36O2. The third-order valence-corrected chi connectivity index (χ3v) is 5.37. The normalized spacial score (nSPS) is 18.4. The van der Waals surface area contributed by atoms with Crippen molar-refractivity contribution in [2.45, 2.75) is 84.5 Å². The summed E-state index contributed by atoms with van der Waals surface area (Å²) in [6.45, 7) is 4.64. The van der Waals surface area contributed by atoms with Crippen molar-refractivity contribution in [3.05, 3.63) is 36.5 Å². The molecule has 0 heterocycles. The lowest BCUT2D eigenvalue weighted by molar-refractivity contribution is -0.136. The average Bonchev–Trinajstić information content (AvgIpc) is 2.51.